The second-order valence-electron chi connectivity index (χ2n) is 9.31. The van der Waals surface area contributed by atoms with Gasteiger partial charge in [0.2, 0.25) is 5.82 Å². The van der Waals surface area contributed by atoms with Crippen LogP contribution in [0.15, 0.2) is 30.3 Å². The van der Waals surface area contributed by atoms with Crippen LogP contribution in [0.2, 0.25) is 0 Å². The fourth-order valence-corrected chi connectivity index (χ4v) is 5.58. The molecule has 0 bridgehead atoms. The molecular weight excluding hydrogens is 385 g/mol. The molecule has 2 aliphatic rings. The van der Waals surface area contributed by atoms with Crippen molar-refractivity contribution in [1.29, 1.82) is 0 Å². The van der Waals surface area contributed by atoms with E-state index >= 15 is 0 Å². The topological polar surface area (TPSA) is 9.23 Å². The van der Waals surface area contributed by atoms with Crippen molar-refractivity contribution >= 4 is 0 Å². The van der Waals surface area contributed by atoms with E-state index in [1.54, 1.807) is 6.07 Å². The van der Waals surface area contributed by atoms with Gasteiger partial charge in [-0.15, -0.1) is 0 Å². The van der Waals surface area contributed by atoms with Gasteiger partial charge in [0.1, 0.15) is 5.82 Å². The van der Waals surface area contributed by atoms with Crippen LogP contribution >= 0.6 is 0 Å². The molecule has 30 heavy (non-hydrogen) atoms. The molecule has 1 nitrogen and oxygen atoms in total. The predicted molar refractivity (Wildman–Crippen MR) is 114 cm³/mol. The molecule has 2 aromatic carbocycles. The van der Waals surface area contributed by atoms with E-state index in [0.29, 0.717) is 5.92 Å². The average molecular weight is 417 g/mol. The summed E-state index contributed by atoms with van der Waals surface area (Å²) in [4.78, 5) is 0. The van der Waals surface area contributed by atoms with Crippen LogP contribution in [0.25, 0.3) is 11.1 Å². The lowest BCUT2D eigenvalue weighted by Crippen LogP contribution is -2.24. The summed E-state index contributed by atoms with van der Waals surface area (Å²) in [5.74, 6) is 0.0605. The molecule has 0 spiro atoms. The summed E-state index contributed by atoms with van der Waals surface area (Å²) >= 11 is 0. The van der Waals surface area contributed by atoms with Crippen molar-refractivity contribution in [3.05, 3.63) is 53.3 Å². The lowest BCUT2D eigenvalue weighted by Gasteiger charge is -2.37. The number of hydrogen-bond donors (Lipinski definition) is 0. The minimum absolute atomic E-state index is 0.0763. The first kappa shape index (κ1) is 21.3. The van der Waals surface area contributed by atoms with Gasteiger partial charge >= 0.3 is 0 Å². The third kappa shape index (κ3) is 4.24. The molecule has 2 saturated carbocycles. The van der Waals surface area contributed by atoms with Gasteiger partial charge in [0.05, 0.1) is 7.11 Å². The maximum atomic E-state index is 14.9. The number of rotatable bonds is 4. The molecule has 0 N–H and O–H groups in total. The van der Waals surface area contributed by atoms with Crippen LogP contribution in [-0.4, -0.2) is 7.11 Å². The molecule has 2 aromatic rings. The van der Waals surface area contributed by atoms with Gasteiger partial charge in [-0.1, -0.05) is 31.9 Å². The van der Waals surface area contributed by atoms with E-state index < -0.39 is 17.5 Å². The van der Waals surface area contributed by atoms with Crippen LogP contribution < -0.4 is 4.74 Å². The summed E-state index contributed by atoms with van der Waals surface area (Å²) in [6.45, 7) is 2.36. The van der Waals surface area contributed by atoms with Crippen molar-refractivity contribution in [1.82, 2.24) is 0 Å². The van der Waals surface area contributed by atoms with Gasteiger partial charge in [-0.2, -0.15) is 4.39 Å². The van der Waals surface area contributed by atoms with Gasteiger partial charge in [0.15, 0.2) is 11.6 Å². The molecule has 0 heterocycles. The molecule has 0 aliphatic heterocycles. The Balaban J connectivity index is 1.45. The summed E-state index contributed by atoms with van der Waals surface area (Å²) < 4.78 is 48.1. The number of ether oxygens (including phenoxy) is 1. The van der Waals surface area contributed by atoms with Gasteiger partial charge < -0.3 is 4.74 Å². The Morgan fingerprint density at radius 3 is 1.93 bits per heavy atom. The molecule has 4 rings (SSSR count). The van der Waals surface area contributed by atoms with Crippen LogP contribution in [-0.2, 0) is 0 Å². The first-order valence-corrected chi connectivity index (χ1v) is 11.3. The Morgan fingerprint density at radius 1 is 0.733 bits per heavy atom. The first-order valence-electron chi connectivity index (χ1n) is 11.3. The van der Waals surface area contributed by atoms with Gasteiger partial charge in [-0.25, -0.2) is 8.78 Å². The lowest BCUT2D eigenvalue weighted by atomic mass is 9.68. The van der Waals surface area contributed by atoms with E-state index in [0.717, 1.165) is 36.2 Å². The maximum Gasteiger partial charge on any atom is 0.201 e. The molecule has 0 unspecified atom stereocenters. The zero-order valence-corrected chi connectivity index (χ0v) is 17.9. The minimum atomic E-state index is -1.09. The van der Waals surface area contributed by atoms with Crippen molar-refractivity contribution in [2.24, 2.45) is 17.8 Å². The number of benzene rings is 2. The third-order valence-corrected chi connectivity index (χ3v) is 7.52. The first-order chi connectivity index (χ1) is 14.5. The molecular formula is C26H31F3O. The molecule has 0 saturated heterocycles. The largest absolute Gasteiger partial charge is 0.494 e. The Morgan fingerprint density at radius 2 is 1.33 bits per heavy atom. The van der Waals surface area contributed by atoms with E-state index in [1.165, 1.54) is 63.8 Å². The van der Waals surface area contributed by atoms with Crippen LogP contribution in [0.3, 0.4) is 0 Å². The predicted octanol–water partition coefficient (Wildman–Crippen LogP) is 7.88. The Hall–Kier alpha value is -1.97. The molecule has 0 amide bonds. The maximum absolute atomic E-state index is 14.9. The summed E-state index contributed by atoms with van der Waals surface area (Å²) in [6.07, 6.45) is 10.0. The molecule has 0 atom stereocenters. The summed E-state index contributed by atoms with van der Waals surface area (Å²) in [5, 5.41) is 0. The molecule has 4 heteroatoms. The SMILES string of the molecule is COc1ccc(-c2ccc(C3CCC(C4CCC(C)CC4)CC3)cc2F)c(F)c1F. The van der Waals surface area contributed by atoms with Gasteiger partial charge in [0, 0.05) is 11.1 Å². The van der Waals surface area contributed by atoms with E-state index in [2.05, 4.69) is 6.92 Å². The van der Waals surface area contributed by atoms with Crippen LogP contribution in [0.1, 0.15) is 69.8 Å². The molecule has 162 valence electrons. The van der Waals surface area contributed by atoms with Crippen molar-refractivity contribution < 1.29 is 17.9 Å². The second-order valence-corrected chi connectivity index (χ2v) is 9.31. The lowest BCUT2D eigenvalue weighted by molar-refractivity contribution is 0.165. The van der Waals surface area contributed by atoms with Crippen molar-refractivity contribution in [3.63, 3.8) is 0 Å². The summed E-state index contributed by atoms with van der Waals surface area (Å²) in [6, 6.07) is 7.68. The Kier molecular flexibility index (Phi) is 6.40. The highest BCUT2D eigenvalue weighted by atomic mass is 19.2. The fraction of sp³-hybridized carbons (Fsp3) is 0.538. The van der Waals surface area contributed by atoms with Crippen molar-refractivity contribution in [2.45, 2.75) is 64.2 Å². The highest BCUT2D eigenvalue weighted by molar-refractivity contribution is 5.66. The number of halogens is 3. The molecule has 0 radical (unpaired) electrons. The van der Waals surface area contributed by atoms with E-state index in [1.807, 2.05) is 6.07 Å². The van der Waals surface area contributed by atoms with E-state index in [9.17, 15) is 13.2 Å². The van der Waals surface area contributed by atoms with E-state index in [-0.39, 0.29) is 16.9 Å². The zero-order chi connectivity index (χ0) is 21.3. The minimum Gasteiger partial charge on any atom is -0.494 e. The van der Waals surface area contributed by atoms with Crippen molar-refractivity contribution in [3.8, 4) is 16.9 Å². The molecule has 2 aliphatic carbocycles. The van der Waals surface area contributed by atoms with Crippen LogP contribution in [0, 0.1) is 35.2 Å². The average Bonchev–Trinajstić information content (AvgIpc) is 2.77. The third-order valence-electron chi connectivity index (χ3n) is 7.52. The monoisotopic (exact) mass is 416 g/mol. The van der Waals surface area contributed by atoms with Crippen molar-refractivity contribution in [2.75, 3.05) is 7.11 Å². The smallest absolute Gasteiger partial charge is 0.201 e. The number of methoxy groups -OCH3 is 1. The van der Waals surface area contributed by atoms with Crippen LogP contribution in [0.4, 0.5) is 13.2 Å². The quantitative estimate of drug-likeness (QED) is 0.492. The number of hydrogen-bond acceptors (Lipinski definition) is 1. The molecule has 0 aromatic heterocycles. The Labute approximate surface area is 177 Å². The normalized spacial score (nSPS) is 27.1. The van der Waals surface area contributed by atoms with E-state index in [4.69, 9.17) is 4.74 Å². The summed E-state index contributed by atoms with van der Waals surface area (Å²) in [7, 11) is 1.27. The zero-order valence-electron chi connectivity index (χ0n) is 17.9. The van der Waals surface area contributed by atoms with Gasteiger partial charge in [-0.05, 0) is 86.0 Å². The van der Waals surface area contributed by atoms with Crippen LogP contribution in [0.5, 0.6) is 5.75 Å². The standard InChI is InChI=1S/C26H31F3O/c1-16-3-5-17(6-4-16)18-7-9-19(10-8-18)20-11-12-21(23(27)15-20)22-13-14-24(30-2)26(29)25(22)28/h11-19H,3-10H2,1-2H3. The highest BCUT2D eigenvalue weighted by Crippen LogP contribution is 2.44. The highest BCUT2D eigenvalue weighted by Gasteiger charge is 2.30. The summed E-state index contributed by atoms with van der Waals surface area (Å²) in [5.41, 5.74) is 0.983. The van der Waals surface area contributed by atoms with Gasteiger partial charge in [-0.3, -0.25) is 0 Å². The molecule has 2 fully saturated rings. The Bertz CT molecular complexity index is 878. The fourth-order valence-electron chi connectivity index (χ4n) is 5.58. The second kappa shape index (κ2) is 9.03. The van der Waals surface area contributed by atoms with Gasteiger partial charge in [0.25, 0.3) is 0 Å².